The quantitative estimate of drug-likeness (QED) is 0.825. The van der Waals surface area contributed by atoms with Gasteiger partial charge in [0.25, 0.3) is 0 Å². The second-order valence-electron chi connectivity index (χ2n) is 5.86. The summed E-state index contributed by atoms with van der Waals surface area (Å²) in [4.78, 5) is 14.3. The number of aliphatic hydroxyl groups excluding tert-OH is 1. The molecule has 2 aromatic rings. The van der Waals surface area contributed by atoms with Gasteiger partial charge in [0, 0.05) is 38.2 Å². The fourth-order valence-corrected chi connectivity index (χ4v) is 2.99. The van der Waals surface area contributed by atoms with Crippen LogP contribution in [0, 0.1) is 0 Å². The van der Waals surface area contributed by atoms with E-state index < -0.39 is 0 Å². The Labute approximate surface area is 134 Å². The zero-order valence-corrected chi connectivity index (χ0v) is 13.1. The first kappa shape index (κ1) is 15.7. The highest BCUT2D eigenvalue weighted by Crippen LogP contribution is 2.26. The molecule has 1 amide bonds. The van der Waals surface area contributed by atoms with Crippen molar-refractivity contribution < 1.29 is 9.90 Å². The maximum atomic E-state index is 12.4. The van der Waals surface area contributed by atoms with Crippen molar-refractivity contribution in [3.05, 3.63) is 30.6 Å². The van der Waals surface area contributed by atoms with Crippen molar-refractivity contribution in [1.82, 2.24) is 29.4 Å². The molecular formula is C15H22N6O2. The van der Waals surface area contributed by atoms with E-state index in [-0.39, 0.29) is 18.4 Å². The Hall–Kier alpha value is -2.22. The summed E-state index contributed by atoms with van der Waals surface area (Å²) in [5.74, 6) is 0.445. The normalized spacial score (nSPS) is 18.3. The summed E-state index contributed by atoms with van der Waals surface area (Å²) in [6.07, 6.45) is 7.64. The summed E-state index contributed by atoms with van der Waals surface area (Å²) in [6, 6.07) is 1.99. The third-order valence-electron chi connectivity index (χ3n) is 4.23. The lowest BCUT2D eigenvalue weighted by Gasteiger charge is -2.32. The molecule has 1 fully saturated rings. The highest BCUT2D eigenvalue weighted by Gasteiger charge is 2.25. The lowest BCUT2D eigenvalue weighted by Crippen LogP contribution is -2.39. The molecule has 23 heavy (non-hydrogen) atoms. The van der Waals surface area contributed by atoms with Crippen LogP contribution in [0.2, 0.25) is 0 Å². The van der Waals surface area contributed by atoms with Crippen molar-refractivity contribution in [3.8, 4) is 0 Å². The van der Waals surface area contributed by atoms with Crippen molar-refractivity contribution in [2.75, 3.05) is 19.7 Å². The first-order chi connectivity index (χ1) is 11.3. The summed E-state index contributed by atoms with van der Waals surface area (Å²) in [5.41, 5.74) is 1.01. The predicted octanol–water partition coefficient (Wildman–Crippen LogP) is 0.263. The van der Waals surface area contributed by atoms with E-state index in [4.69, 9.17) is 5.11 Å². The number of carbonyl (C=O) groups is 1. The van der Waals surface area contributed by atoms with Crippen LogP contribution in [0.5, 0.6) is 0 Å². The van der Waals surface area contributed by atoms with E-state index in [1.165, 1.54) is 0 Å². The molecule has 0 aliphatic carbocycles. The van der Waals surface area contributed by atoms with E-state index in [9.17, 15) is 4.79 Å². The summed E-state index contributed by atoms with van der Waals surface area (Å²) >= 11 is 0. The minimum atomic E-state index is 0.0828. The molecule has 1 N–H and O–H groups in total. The molecule has 0 spiro atoms. The fraction of sp³-hybridized carbons (Fsp3) is 0.600. The Morgan fingerprint density at radius 1 is 1.30 bits per heavy atom. The van der Waals surface area contributed by atoms with Crippen LogP contribution in [-0.2, 0) is 17.9 Å². The molecule has 3 heterocycles. The zero-order valence-electron chi connectivity index (χ0n) is 13.1. The van der Waals surface area contributed by atoms with Gasteiger partial charge in [-0.05, 0) is 18.9 Å². The molecule has 0 saturated carbocycles. The summed E-state index contributed by atoms with van der Waals surface area (Å²) in [5, 5.41) is 21.0. The van der Waals surface area contributed by atoms with Gasteiger partial charge in [-0.3, -0.25) is 9.48 Å². The monoisotopic (exact) mass is 318 g/mol. The van der Waals surface area contributed by atoms with E-state index in [1.807, 2.05) is 21.7 Å². The van der Waals surface area contributed by atoms with E-state index in [2.05, 4.69) is 15.3 Å². The molecule has 1 atom stereocenters. The number of carbonyl (C=O) groups excluding carboxylic acids is 1. The maximum absolute atomic E-state index is 12.4. The van der Waals surface area contributed by atoms with Crippen molar-refractivity contribution in [2.45, 2.75) is 38.3 Å². The van der Waals surface area contributed by atoms with E-state index in [0.29, 0.717) is 19.5 Å². The van der Waals surface area contributed by atoms with Crippen molar-refractivity contribution in [1.29, 1.82) is 0 Å². The lowest BCUT2D eigenvalue weighted by atomic mass is 9.95. The molecule has 2 aromatic heterocycles. The number of hydrogen-bond acceptors (Lipinski definition) is 5. The molecule has 8 nitrogen and oxygen atoms in total. The van der Waals surface area contributed by atoms with Crippen LogP contribution in [0.4, 0.5) is 0 Å². The molecule has 1 aliphatic rings. The third-order valence-corrected chi connectivity index (χ3v) is 4.23. The largest absolute Gasteiger partial charge is 0.394 e. The van der Waals surface area contributed by atoms with Gasteiger partial charge >= 0.3 is 0 Å². The Balaban J connectivity index is 1.55. The topological polar surface area (TPSA) is 89.1 Å². The Morgan fingerprint density at radius 2 is 2.13 bits per heavy atom. The molecule has 1 aliphatic heterocycles. The number of aliphatic hydroxyl groups is 1. The van der Waals surface area contributed by atoms with Gasteiger partial charge in [-0.1, -0.05) is 0 Å². The highest BCUT2D eigenvalue weighted by molar-refractivity contribution is 5.76. The fourth-order valence-electron chi connectivity index (χ4n) is 2.99. The van der Waals surface area contributed by atoms with Crippen LogP contribution < -0.4 is 0 Å². The van der Waals surface area contributed by atoms with Crippen LogP contribution in [0.15, 0.2) is 24.9 Å². The molecule has 0 radical (unpaired) electrons. The van der Waals surface area contributed by atoms with Crippen LogP contribution in [0.1, 0.15) is 30.9 Å². The maximum Gasteiger partial charge on any atom is 0.224 e. The van der Waals surface area contributed by atoms with Crippen molar-refractivity contribution in [2.24, 2.45) is 0 Å². The Bertz CT molecular complexity index is 624. The predicted molar refractivity (Wildman–Crippen MR) is 82.5 cm³/mol. The molecule has 1 unspecified atom stereocenters. The van der Waals surface area contributed by atoms with Gasteiger partial charge in [0.15, 0.2) is 0 Å². The molecule has 8 heteroatoms. The number of amides is 1. The molecule has 124 valence electrons. The van der Waals surface area contributed by atoms with Crippen LogP contribution >= 0.6 is 0 Å². The average molecular weight is 318 g/mol. The first-order valence-corrected chi connectivity index (χ1v) is 8.00. The summed E-state index contributed by atoms with van der Waals surface area (Å²) in [7, 11) is 0. The van der Waals surface area contributed by atoms with Crippen molar-refractivity contribution >= 4 is 5.91 Å². The Morgan fingerprint density at radius 3 is 2.91 bits per heavy atom. The molecular weight excluding hydrogens is 296 g/mol. The Kier molecular flexibility index (Phi) is 5.02. The standard InChI is InChI=1S/C15H22N6O2/c22-9-8-21-7-3-14(18-21)13-2-1-5-20(10-13)15(23)4-6-19-11-16-17-12-19/h3,7,11-13,22H,1-2,4-6,8-10H2. The number of likely N-dealkylation sites (tertiary alicyclic amines) is 1. The summed E-state index contributed by atoms with van der Waals surface area (Å²) in [6.45, 7) is 2.73. The number of rotatable bonds is 6. The van der Waals surface area contributed by atoms with Gasteiger partial charge < -0.3 is 14.6 Å². The smallest absolute Gasteiger partial charge is 0.224 e. The van der Waals surface area contributed by atoms with Crippen LogP contribution in [-0.4, -0.2) is 60.2 Å². The van der Waals surface area contributed by atoms with Gasteiger partial charge in [0.05, 0.1) is 18.8 Å². The van der Waals surface area contributed by atoms with E-state index in [1.54, 1.807) is 17.3 Å². The first-order valence-electron chi connectivity index (χ1n) is 8.00. The summed E-state index contributed by atoms with van der Waals surface area (Å²) < 4.78 is 3.57. The van der Waals surface area contributed by atoms with Gasteiger partial charge in [-0.15, -0.1) is 10.2 Å². The molecule has 3 rings (SSSR count). The minimum Gasteiger partial charge on any atom is -0.394 e. The highest BCUT2D eigenvalue weighted by atomic mass is 16.3. The van der Waals surface area contributed by atoms with Gasteiger partial charge in [-0.25, -0.2) is 0 Å². The molecule has 0 bridgehead atoms. The minimum absolute atomic E-state index is 0.0828. The van der Waals surface area contributed by atoms with Gasteiger partial charge in [0.1, 0.15) is 12.7 Å². The average Bonchev–Trinajstić information content (AvgIpc) is 3.25. The van der Waals surface area contributed by atoms with Crippen molar-refractivity contribution in [3.63, 3.8) is 0 Å². The van der Waals surface area contributed by atoms with Gasteiger partial charge in [0.2, 0.25) is 5.91 Å². The third kappa shape index (κ3) is 3.95. The number of aromatic nitrogens is 5. The SMILES string of the molecule is O=C(CCn1cnnc1)N1CCCC(c2ccn(CCO)n2)C1. The van der Waals surface area contributed by atoms with Gasteiger partial charge in [-0.2, -0.15) is 5.10 Å². The lowest BCUT2D eigenvalue weighted by molar-refractivity contribution is -0.132. The van der Waals surface area contributed by atoms with Crippen LogP contribution in [0.3, 0.4) is 0 Å². The van der Waals surface area contributed by atoms with Crippen LogP contribution in [0.25, 0.3) is 0 Å². The zero-order chi connectivity index (χ0) is 16.1. The molecule has 0 aromatic carbocycles. The second kappa shape index (κ2) is 7.36. The second-order valence-corrected chi connectivity index (χ2v) is 5.86. The number of piperidine rings is 1. The number of hydrogen-bond donors (Lipinski definition) is 1. The number of aryl methyl sites for hydroxylation is 1. The molecule has 1 saturated heterocycles. The van der Waals surface area contributed by atoms with E-state index in [0.717, 1.165) is 31.6 Å². The van der Waals surface area contributed by atoms with E-state index >= 15 is 0 Å². The number of nitrogens with zero attached hydrogens (tertiary/aromatic N) is 6.